The molecular formula is C23H25F4N3O4. The minimum Gasteiger partial charge on any atom is -0.481 e. The lowest BCUT2D eigenvalue weighted by molar-refractivity contribution is -0.274. The van der Waals surface area contributed by atoms with Crippen LogP contribution in [-0.2, 0) is 9.59 Å². The second kappa shape index (κ2) is 11.2. The van der Waals surface area contributed by atoms with Crippen LogP contribution in [0.2, 0.25) is 0 Å². The summed E-state index contributed by atoms with van der Waals surface area (Å²) in [6.45, 7) is 3.70. The topological polar surface area (TPSA) is 71.1 Å². The van der Waals surface area contributed by atoms with Crippen LogP contribution in [0.25, 0.3) is 0 Å². The van der Waals surface area contributed by atoms with E-state index in [9.17, 15) is 27.2 Å². The second-order valence-corrected chi connectivity index (χ2v) is 7.79. The number of nitrogens with one attached hydrogen (secondary N) is 1. The molecule has 1 unspecified atom stereocenters. The summed E-state index contributed by atoms with van der Waals surface area (Å²) in [6, 6.07) is 10.3. The molecule has 1 aliphatic heterocycles. The van der Waals surface area contributed by atoms with Gasteiger partial charge in [0.1, 0.15) is 17.3 Å². The maximum absolute atomic E-state index is 13.0. The minimum atomic E-state index is -4.78. The molecule has 1 N–H and O–H groups in total. The Morgan fingerprint density at radius 1 is 0.971 bits per heavy atom. The van der Waals surface area contributed by atoms with Crippen molar-refractivity contribution in [3.63, 3.8) is 0 Å². The van der Waals surface area contributed by atoms with Crippen molar-refractivity contribution < 1.29 is 36.6 Å². The van der Waals surface area contributed by atoms with Crippen molar-refractivity contribution in [2.24, 2.45) is 0 Å². The number of amides is 2. The lowest BCUT2D eigenvalue weighted by Gasteiger charge is -2.25. The number of ether oxygens (including phenoxy) is 2. The molecule has 1 atom stereocenters. The maximum Gasteiger partial charge on any atom is 0.573 e. The van der Waals surface area contributed by atoms with Crippen LogP contribution in [0.1, 0.15) is 13.3 Å². The van der Waals surface area contributed by atoms with E-state index < -0.39 is 12.5 Å². The first kappa shape index (κ1) is 25.3. The summed E-state index contributed by atoms with van der Waals surface area (Å²) in [5.41, 5.74) is 0.502. The summed E-state index contributed by atoms with van der Waals surface area (Å²) in [5, 5.41) is 2.71. The van der Waals surface area contributed by atoms with Gasteiger partial charge in [0, 0.05) is 31.9 Å². The highest BCUT2D eigenvalue weighted by Gasteiger charge is 2.31. The predicted molar refractivity (Wildman–Crippen MR) is 116 cm³/mol. The molecule has 0 radical (unpaired) electrons. The van der Waals surface area contributed by atoms with E-state index in [1.165, 1.54) is 36.4 Å². The molecule has 0 bridgehead atoms. The molecule has 2 aromatic carbocycles. The van der Waals surface area contributed by atoms with Crippen LogP contribution in [0.5, 0.6) is 11.5 Å². The number of carbonyl (C=O) groups excluding carboxylic acids is 2. The van der Waals surface area contributed by atoms with E-state index >= 15 is 0 Å². The third-order valence-corrected chi connectivity index (χ3v) is 5.11. The summed E-state index contributed by atoms with van der Waals surface area (Å²) in [5.74, 6) is -1.02. The Bertz CT molecular complexity index is 968. The van der Waals surface area contributed by atoms with Gasteiger partial charge in [0.25, 0.3) is 5.91 Å². The summed E-state index contributed by atoms with van der Waals surface area (Å²) >= 11 is 0. The van der Waals surface area contributed by atoms with Crippen molar-refractivity contribution in [3.8, 4) is 11.5 Å². The van der Waals surface area contributed by atoms with Crippen molar-refractivity contribution in [2.75, 3.05) is 38.0 Å². The number of hydrogen-bond donors (Lipinski definition) is 1. The lowest BCUT2D eigenvalue weighted by atomic mass is 10.3. The summed E-state index contributed by atoms with van der Waals surface area (Å²) < 4.78 is 59.2. The highest BCUT2D eigenvalue weighted by atomic mass is 19.4. The number of halogens is 4. The largest absolute Gasteiger partial charge is 0.573 e. The quantitative estimate of drug-likeness (QED) is 0.609. The highest BCUT2D eigenvalue weighted by Crippen LogP contribution is 2.25. The van der Waals surface area contributed by atoms with E-state index in [-0.39, 0.29) is 35.7 Å². The number of alkyl halides is 3. The van der Waals surface area contributed by atoms with Crippen LogP contribution < -0.4 is 14.8 Å². The van der Waals surface area contributed by atoms with Gasteiger partial charge in [0.2, 0.25) is 5.91 Å². The molecule has 34 heavy (non-hydrogen) atoms. The van der Waals surface area contributed by atoms with E-state index in [4.69, 9.17) is 4.74 Å². The van der Waals surface area contributed by atoms with E-state index in [0.29, 0.717) is 38.3 Å². The number of anilines is 1. The zero-order valence-electron chi connectivity index (χ0n) is 18.5. The molecule has 3 rings (SSSR count). The molecule has 2 aromatic rings. The molecule has 2 amide bonds. The monoisotopic (exact) mass is 483 g/mol. The van der Waals surface area contributed by atoms with Gasteiger partial charge in [-0.05, 0) is 61.9 Å². The fourth-order valence-electron chi connectivity index (χ4n) is 3.52. The highest BCUT2D eigenvalue weighted by molar-refractivity contribution is 5.92. The van der Waals surface area contributed by atoms with Gasteiger partial charge < -0.3 is 19.7 Å². The van der Waals surface area contributed by atoms with E-state index in [2.05, 4.69) is 10.1 Å². The Kier molecular flexibility index (Phi) is 8.32. The van der Waals surface area contributed by atoms with E-state index in [0.717, 1.165) is 12.1 Å². The van der Waals surface area contributed by atoms with Crippen molar-refractivity contribution in [1.29, 1.82) is 0 Å². The van der Waals surface area contributed by atoms with Gasteiger partial charge in [0.05, 0.1) is 6.54 Å². The smallest absolute Gasteiger partial charge is 0.481 e. The molecule has 1 heterocycles. The number of hydrogen-bond acceptors (Lipinski definition) is 5. The molecule has 0 spiro atoms. The third-order valence-electron chi connectivity index (χ3n) is 5.11. The van der Waals surface area contributed by atoms with Gasteiger partial charge in [-0.1, -0.05) is 0 Å². The van der Waals surface area contributed by atoms with Crippen LogP contribution in [0.4, 0.5) is 23.2 Å². The normalized spacial score (nSPS) is 15.9. The minimum absolute atomic E-state index is 0.137. The molecule has 11 heteroatoms. The van der Waals surface area contributed by atoms with Gasteiger partial charge in [-0.3, -0.25) is 14.5 Å². The molecule has 7 nitrogen and oxygen atoms in total. The van der Waals surface area contributed by atoms with Gasteiger partial charge in [-0.25, -0.2) is 4.39 Å². The van der Waals surface area contributed by atoms with Gasteiger partial charge in [0.15, 0.2) is 6.10 Å². The molecular weight excluding hydrogens is 458 g/mol. The van der Waals surface area contributed by atoms with Crippen molar-refractivity contribution in [1.82, 2.24) is 9.80 Å². The first-order valence-corrected chi connectivity index (χ1v) is 10.7. The van der Waals surface area contributed by atoms with E-state index in [1.54, 1.807) is 11.8 Å². The van der Waals surface area contributed by atoms with Crippen LogP contribution in [0.15, 0.2) is 48.5 Å². The Morgan fingerprint density at radius 2 is 1.62 bits per heavy atom. The molecule has 1 fully saturated rings. The summed E-state index contributed by atoms with van der Waals surface area (Å²) in [4.78, 5) is 28.7. The van der Waals surface area contributed by atoms with Crippen LogP contribution in [-0.4, -0.2) is 66.8 Å². The van der Waals surface area contributed by atoms with Crippen molar-refractivity contribution >= 4 is 17.5 Å². The predicted octanol–water partition coefficient (Wildman–Crippen LogP) is 3.66. The summed E-state index contributed by atoms with van der Waals surface area (Å²) in [7, 11) is 0. The number of rotatable bonds is 7. The summed E-state index contributed by atoms with van der Waals surface area (Å²) in [6.07, 6.45) is -4.97. The van der Waals surface area contributed by atoms with E-state index in [1.807, 2.05) is 4.90 Å². The van der Waals surface area contributed by atoms with Gasteiger partial charge >= 0.3 is 6.36 Å². The molecule has 0 saturated carbocycles. The average molecular weight is 483 g/mol. The van der Waals surface area contributed by atoms with Crippen molar-refractivity contribution in [2.45, 2.75) is 25.8 Å². The first-order valence-electron chi connectivity index (χ1n) is 10.7. The molecule has 0 aliphatic carbocycles. The Balaban J connectivity index is 1.46. The molecule has 184 valence electrons. The van der Waals surface area contributed by atoms with Gasteiger partial charge in [-0.2, -0.15) is 0 Å². The zero-order chi connectivity index (χ0) is 24.7. The Hall–Kier alpha value is -3.34. The van der Waals surface area contributed by atoms with Gasteiger partial charge in [-0.15, -0.1) is 13.2 Å². The van der Waals surface area contributed by atoms with Crippen LogP contribution in [0, 0.1) is 5.82 Å². The average Bonchev–Trinajstić information content (AvgIpc) is 3.00. The Labute approximate surface area is 194 Å². The standard InChI is InChI=1S/C23H25F4N3O4/c1-16(33-19-7-9-20(10-8-19)34-23(25,26)27)22(32)30-12-2-11-29(13-14-30)15-21(31)28-18-5-3-17(24)4-6-18/h3-10,16H,2,11-15H2,1H3,(H,28,31). The fraction of sp³-hybridized carbons (Fsp3) is 0.391. The Morgan fingerprint density at radius 3 is 2.26 bits per heavy atom. The van der Waals surface area contributed by atoms with Crippen molar-refractivity contribution in [3.05, 3.63) is 54.3 Å². The first-order chi connectivity index (χ1) is 16.1. The number of nitrogens with zero attached hydrogens (tertiary/aromatic N) is 2. The maximum atomic E-state index is 13.0. The zero-order valence-corrected chi connectivity index (χ0v) is 18.5. The number of benzene rings is 2. The van der Waals surface area contributed by atoms with Crippen LogP contribution >= 0.6 is 0 Å². The second-order valence-electron chi connectivity index (χ2n) is 7.79. The lowest BCUT2D eigenvalue weighted by Crippen LogP contribution is -2.43. The number of carbonyl (C=O) groups is 2. The van der Waals surface area contributed by atoms with Crippen LogP contribution in [0.3, 0.4) is 0 Å². The molecule has 0 aromatic heterocycles. The fourth-order valence-corrected chi connectivity index (χ4v) is 3.52. The molecule has 1 saturated heterocycles. The molecule has 1 aliphatic rings. The SMILES string of the molecule is CC(Oc1ccc(OC(F)(F)F)cc1)C(=O)N1CCCN(CC(=O)Nc2ccc(F)cc2)CC1. The third kappa shape index (κ3) is 7.91.